The van der Waals surface area contributed by atoms with Crippen molar-refractivity contribution in [3.05, 3.63) is 29.7 Å². The first-order valence-electron chi connectivity index (χ1n) is 11.4. The molecule has 0 bridgehead atoms. The summed E-state index contributed by atoms with van der Waals surface area (Å²) in [6, 6.07) is -0.0948. The highest BCUT2D eigenvalue weighted by molar-refractivity contribution is 6.06. The zero-order valence-corrected chi connectivity index (χ0v) is 20.2. The van der Waals surface area contributed by atoms with E-state index < -0.39 is 53.8 Å². The lowest BCUT2D eigenvalue weighted by Crippen LogP contribution is -2.58. The number of nitrogens with zero attached hydrogens (tertiary/aromatic N) is 5. The maximum atomic E-state index is 13.8. The first-order valence-corrected chi connectivity index (χ1v) is 11.4. The van der Waals surface area contributed by atoms with Gasteiger partial charge in [-0.05, 0) is 24.0 Å². The molecule has 3 heterocycles. The van der Waals surface area contributed by atoms with E-state index in [1.165, 1.54) is 11.1 Å². The second-order valence-corrected chi connectivity index (χ2v) is 8.70. The van der Waals surface area contributed by atoms with Crippen LogP contribution in [0.2, 0.25) is 0 Å². The number of anilines is 1. The minimum atomic E-state index is -1.41. The molecule has 2 aromatic heterocycles. The molecular weight excluding hydrogens is 488 g/mol. The fourth-order valence-corrected chi connectivity index (χ4v) is 3.90. The molecule has 16 heteroatoms. The topological polar surface area (TPSA) is 238 Å². The Hall–Kier alpha value is -4.63. The lowest BCUT2D eigenvalue weighted by Gasteiger charge is -2.30. The first-order chi connectivity index (χ1) is 17.6. The molecular formula is C21H28N10O6. The van der Waals surface area contributed by atoms with Crippen molar-refractivity contribution in [3.8, 4) is 0 Å². The molecule has 1 aliphatic heterocycles. The van der Waals surface area contributed by atoms with Crippen LogP contribution in [-0.2, 0) is 32.1 Å². The maximum absolute atomic E-state index is 13.8. The Morgan fingerprint density at radius 3 is 2.62 bits per heavy atom. The van der Waals surface area contributed by atoms with Crippen LogP contribution in [0, 0.1) is 5.92 Å². The van der Waals surface area contributed by atoms with Crippen molar-refractivity contribution in [1.82, 2.24) is 41.6 Å². The van der Waals surface area contributed by atoms with E-state index in [9.17, 15) is 24.0 Å². The van der Waals surface area contributed by atoms with Crippen molar-refractivity contribution in [2.24, 2.45) is 11.7 Å². The van der Waals surface area contributed by atoms with Crippen LogP contribution in [0.25, 0.3) is 0 Å². The summed E-state index contributed by atoms with van der Waals surface area (Å²) < 4.78 is 0. The standard InChI is InChI=1S/C21H28N10O6/c1-10(2)16(26-21(36)37)19(34)25-12(5-6-14(22)32)20(35)31-13(8-11-4-3-7-23-17(11)31)18(33)24-9-15-27-29-30-28-15/h3-4,7,10,12-13,16,26H,5-6,8-9H2,1-2H3,(H2,22,32)(H,24,33)(H,25,34)(H,36,37)(H,27,28,29,30)/t12-,13-,16-/m0/s1. The summed E-state index contributed by atoms with van der Waals surface area (Å²) in [4.78, 5) is 67.9. The van der Waals surface area contributed by atoms with Gasteiger partial charge in [-0.1, -0.05) is 25.1 Å². The van der Waals surface area contributed by atoms with Gasteiger partial charge in [-0.3, -0.25) is 24.1 Å². The van der Waals surface area contributed by atoms with Gasteiger partial charge < -0.3 is 26.8 Å². The number of hydrogen-bond donors (Lipinski definition) is 6. The van der Waals surface area contributed by atoms with Crippen molar-refractivity contribution in [1.29, 1.82) is 0 Å². The van der Waals surface area contributed by atoms with E-state index in [0.717, 1.165) is 0 Å². The molecule has 0 spiro atoms. The number of carbonyl (C=O) groups excluding carboxylic acids is 4. The number of aromatic amines is 1. The summed E-state index contributed by atoms with van der Waals surface area (Å²) in [6.07, 6.45) is -0.217. The normalized spacial score (nSPS) is 16.0. The Bertz CT molecular complexity index is 1150. The zero-order valence-electron chi connectivity index (χ0n) is 20.2. The molecule has 2 aromatic rings. The van der Waals surface area contributed by atoms with Gasteiger partial charge in [-0.15, -0.1) is 10.2 Å². The molecule has 0 fully saturated rings. The van der Waals surface area contributed by atoms with Crippen LogP contribution < -0.4 is 26.6 Å². The third kappa shape index (κ3) is 6.74. The second kappa shape index (κ2) is 11.9. The van der Waals surface area contributed by atoms with Gasteiger partial charge >= 0.3 is 6.09 Å². The molecule has 16 nitrogen and oxygen atoms in total. The lowest BCUT2D eigenvalue weighted by atomic mass is 10.0. The van der Waals surface area contributed by atoms with E-state index in [4.69, 9.17) is 10.8 Å². The summed E-state index contributed by atoms with van der Waals surface area (Å²) in [5.41, 5.74) is 5.90. The van der Waals surface area contributed by atoms with Crippen molar-refractivity contribution in [2.75, 3.05) is 4.90 Å². The Kier molecular flexibility index (Phi) is 8.65. The van der Waals surface area contributed by atoms with E-state index in [2.05, 4.69) is 41.6 Å². The first kappa shape index (κ1) is 27.0. The van der Waals surface area contributed by atoms with Crippen molar-refractivity contribution >= 4 is 35.5 Å². The Morgan fingerprint density at radius 1 is 1.24 bits per heavy atom. The van der Waals surface area contributed by atoms with Crippen molar-refractivity contribution in [2.45, 2.75) is 57.8 Å². The van der Waals surface area contributed by atoms with Gasteiger partial charge in [0.15, 0.2) is 5.82 Å². The maximum Gasteiger partial charge on any atom is 0.405 e. The van der Waals surface area contributed by atoms with Gasteiger partial charge in [0, 0.05) is 19.0 Å². The Morgan fingerprint density at radius 2 is 2.00 bits per heavy atom. The number of primary amides is 1. The number of carbonyl (C=O) groups is 5. The van der Waals surface area contributed by atoms with Crippen LogP contribution in [-0.4, -0.2) is 78.6 Å². The number of rotatable bonds is 11. The molecule has 7 N–H and O–H groups in total. The van der Waals surface area contributed by atoms with Gasteiger partial charge in [0.2, 0.25) is 17.7 Å². The van der Waals surface area contributed by atoms with Crippen LogP contribution in [0.3, 0.4) is 0 Å². The summed E-state index contributed by atoms with van der Waals surface area (Å²) in [6.45, 7) is 3.21. The highest BCUT2D eigenvalue weighted by Crippen LogP contribution is 2.31. The van der Waals surface area contributed by atoms with Crippen molar-refractivity contribution in [3.63, 3.8) is 0 Å². The average molecular weight is 517 g/mol. The van der Waals surface area contributed by atoms with E-state index in [1.807, 2.05) is 0 Å². The number of H-pyrrole nitrogens is 1. The largest absolute Gasteiger partial charge is 0.465 e. The van der Waals surface area contributed by atoms with Gasteiger partial charge in [-0.25, -0.2) is 9.78 Å². The quantitative estimate of drug-likeness (QED) is 0.196. The predicted octanol–water partition coefficient (Wildman–Crippen LogP) is -1.79. The average Bonchev–Trinajstić information content (AvgIpc) is 3.50. The minimum absolute atomic E-state index is 0.0452. The Balaban J connectivity index is 1.87. The summed E-state index contributed by atoms with van der Waals surface area (Å²) in [5.74, 6) is -2.68. The van der Waals surface area contributed by atoms with Gasteiger partial charge in [0.05, 0.1) is 6.54 Å². The number of hydrogen-bond acceptors (Lipinski definition) is 9. The van der Waals surface area contributed by atoms with Gasteiger partial charge in [0.25, 0.3) is 5.91 Å². The number of pyridine rings is 1. The van der Waals surface area contributed by atoms with E-state index in [1.54, 1.807) is 26.0 Å². The molecule has 0 radical (unpaired) electrons. The summed E-state index contributed by atoms with van der Waals surface area (Å²) in [7, 11) is 0. The van der Waals surface area contributed by atoms with E-state index >= 15 is 0 Å². The predicted molar refractivity (Wildman–Crippen MR) is 125 cm³/mol. The fourth-order valence-electron chi connectivity index (χ4n) is 3.90. The lowest BCUT2D eigenvalue weighted by molar-refractivity contribution is -0.131. The third-order valence-corrected chi connectivity index (χ3v) is 5.69. The van der Waals surface area contributed by atoms with Crippen LogP contribution in [0.4, 0.5) is 10.6 Å². The molecule has 1 aliphatic rings. The molecule has 3 atom stereocenters. The SMILES string of the molecule is CC(C)[C@H](NC(=O)O)C(=O)N[C@@H](CCC(N)=O)C(=O)N1c2ncccc2C[C@H]1C(=O)NCc1nn[nH]n1. The highest BCUT2D eigenvalue weighted by atomic mass is 16.4. The molecule has 37 heavy (non-hydrogen) atoms. The van der Waals surface area contributed by atoms with E-state index in [-0.39, 0.29) is 37.4 Å². The molecule has 3 rings (SSSR count). The number of tetrazole rings is 1. The third-order valence-electron chi connectivity index (χ3n) is 5.69. The summed E-state index contributed by atoms with van der Waals surface area (Å²) >= 11 is 0. The minimum Gasteiger partial charge on any atom is -0.465 e. The highest BCUT2D eigenvalue weighted by Gasteiger charge is 2.42. The zero-order chi connectivity index (χ0) is 27.1. The number of nitrogens with one attached hydrogen (secondary N) is 4. The number of carboxylic acid groups (broad SMARTS) is 1. The van der Waals surface area contributed by atoms with Crippen LogP contribution in [0.15, 0.2) is 18.3 Å². The van der Waals surface area contributed by atoms with Crippen LogP contribution in [0.5, 0.6) is 0 Å². The molecule has 0 aliphatic carbocycles. The Labute approximate surface area is 210 Å². The summed E-state index contributed by atoms with van der Waals surface area (Å²) in [5, 5.41) is 29.6. The van der Waals surface area contributed by atoms with E-state index in [0.29, 0.717) is 5.56 Å². The number of amides is 5. The molecule has 0 aromatic carbocycles. The molecule has 5 amide bonds. The van der Waals surface area contributed by atoms with Crippen LogP contribution >= 0.6 is 0 Å². The van der Waals surface area contributed by atoms with Gasteiger partial charge in [0.1, 0.15) is 23.9 Å². The van der Waals surface area contributed by atoms with Crippen molar-refractivity contribution < 1.29 is 29.1 Å². The second-order valence-electron chi connectivity index (χ2n) is 8.70. The van der Waals surface area contributed by atoms with Gasteiger partial charge in [-0.2, -0.15) is 5.21 Å². The van der Waals surface area contributed by atoms with Crippen LogP contribution in [0.1, 0.15) is 38.1 Å². The molecule has 198 valence electrons. The molecule has 0 saturated carbocycles. The number of aromatic nitrogens is 5. The number of nitrogens with two attached hydrogens (primary N) is 1. The molecule has 0 saturated heterocycles. The number of fused-ring (bicyclic) bond motifs is 1. The smallest absolute Gasteiger partial charge is 0.405 e. The molecule has 0 unspecified atom stereocenters. The monoisotopic (exact) mass is 516 g/mol. The fraction of sp³-hybridized carbons (Fsp3) is 0.476.